The Kier molecular flexibility index (Phi) is 6.05. The summed E-state index contributed by atoms with van der Waals surface area (Å²) in [5.74, 6) is 0. The molecule has 2 fully saturated rings. The topological polar surface area (TPSA) is 45.2 Å². The SMILES string of the molecule is CN1CCOCC1.ON1CCOCC1. The van der Waals surface area contributed by atoms with Gasteiger partial charge in [-0.3, -0.25) is 0 Å². The lowest BCUT2D eigenvalue weighted by Crippen LogP contribution is -2.33. The number of hydrogen-bond acceptors (Lipinski definition) is 5. The van der Waals surface area contributed by atoms with Crippen molar-refractivity contribution in [1.82, 2.24) is 9.96 Å². The minimum atomic E-state index is 0.653. The third kappa shape index (κ3) is 5.51. The summed E-state index contributed by atoms with van der Waals surface area (Å²) in [6, 6.07) is 0. The van der Waals surface area contributed by atoms with Crippen molar-refractivity contribution < 1.29 is 14.7 Å². The molecule has 0 aromatic carbocycles. The molecule has 2 rings (SSSR count). The van der Waals surface area contributed by atoms with Gasteiger partial charge in [0.15, 0.2) is 0 Å². The molecule has 0 aromatic heterocycles. The Labute approximate surface area is 85.1 Å². The third-order valence-corrected chi connectivity index (χ3v) is 2.22. The third-order valence-electron chi connectivity index (χ3n) is 2.22. The molecule has 5 nitrogen and oxygen atoms in total. The van der Waals surface area contributed by atoms with Crippen LogP contribution >= 0.6 is 0 Å². The molecule has 0 spiro atoms. The van der Waals surface area contributed by atoms with Crippen molar-refractivity contribution in [2.45, 2.75) is 0 Å². The average Bonchev–Trinajstić information content (AvgIpc) is 2.21. The van der Waals surface area contributed by atoms with Crippen molar-refractivity contribution in [3.05, 3.63) is 0 Å². The first-order chi connectivity index (χ1) is 6.79. The normalized spacial score (nSPS) is 25.3. The van der Waals surface area contributed by atoms with E-state index in [0.717, 1.165) is 26.3 Å². The van der Waals surface area contributed by atoms with Gasteiger partial charge in [0.25, 0.3) is 0 Å². The van der Waals surface area contributed by atoms with Gasteiger partial charge >= 0.3 is 0 Å². The minimum Gasteiger partial charge on any atom is -0.379 e. The molecule has 14 heavy (non-hydrogen) atoms. The Balaban J connectivity index is 0.000000140. The van der Waals surface area contributed by atoms with Crippen molar-refractivity contribution in [2.75, 3.05) is 59.7 Å². The number of hydroxylamine groups is 2. The maximum absolute atomic E-state index is 8.66. The lowest BCUT2D eigenvalue weighted by Gasteiger charge is -2.21. The predicted octanol–water partition coefficient (Wildman–Crippen LogP) is -0.344. The molecule has 0 bridgehead atoms. The molecule has 2 aliphatic heterocycles. The van der Waals surface area contributed by atoms with Gasteiger partial charge in [-0.15, -0.1) is 0 Å². The highest BCUT2D eigenvalue weighted by Gasteiger charge is 2.04. The van der Waals surface area contributed by atoms with E-state index in [2.05, 4.69) is 11.9 Å². The van der Waals surface area contributed by atoms with Crippen LogP contribution in [0.3, 0.4) is 0 Å². The molecule has 0 radical (unpaired) electrons. The summed E-state index contributed by atoms with van der Waals surface area (Å²) in [6.07, 6.45) is 0. The van der Waals surface area contributed by atoms with Crippen molar-refractivity contribution in [3.8, 4) is 0 Å². The fourth-order valence-corrected chi connectivity index (χ4v) is 1.21. The summed E-state index contributed by atoms with van der Waals surface area (Å²) < 4.78 is 10.0. The summed E-state index contributed by atoms with van der Waals surface area (Å²) in [6.45, 7) is 6.65. The van der Waals surface area contributed by atoms with Crippen LogP contribution < -0.4 is 0 Å². The molecule has 2 heterocycles. The molecule has 0 atom stereocenters. The second-order valence-electron chi connectivity index (χ2n) is 3.48. The lowest BCUT2D eigenvalue weighted by atomic mass is 10.5. The Morgan fingerprint density at radius 2 is 1.29 bits per heavy atom. The van der Waals surface area contributed by atoms with Crippen LogP contribution in [-0.4, -0.2) is 74.8 Å². The molecule has 84 valence electrons. The molecule has 1 N–H and O–H groups in total. The summed E-state index contributed by atoms with van der Waals surface area (Å²) in [7, 11) is 2.11. The minimum absolute atomic E-state index is 0.653. The van der Waals surface area contributed by atoms with Crippen LogP contribution in [0.1, 0.15) is 0 Å². The van der Waals surface area contributed by atoms with Crippen molar-refractivity contribution in [1.29, 1.82) is 0 Å². The largest absolute Gasteiger partial charge is 0.379 e. The van der Waals surface area contributed by atoms with Gasteiger partial charge in [-0.1, -0.05) is 0 Å². The monoisotopic (exact) mass is 204 g/mol. The maximum Gasteiger partial charge on any atom is 0.0617 e. The van der Waals surface area contributed by atoms with Gasteiger partial charge in [-0.25, -0.2) is 0 Å². The van der Waals surface area contributed by atoms with Gasteiger partial charge in [-0.05, 0) is 7.05 Å². The maximum atomic E-state index is 8.66. The van der Waals surface area contributed by atoms with Gasteiger partial charge in [0.2, 0.25) is 0 Å². The second-order valence-corrected chi connectivity index (χ2v) is 3.48. The zero-order valence-electron chi connectivity index (χ0n) is 8.81. The molecule has 0 amide bonds. The first kappa shape index (κ1) is 11.9. The Morgan fingerprint density at radius 3 is 1.50 bits per heavy atom. The van der Waals surface area contributed by atoms with E-state index in [1.807, 2.05) is 0 Å². The first-order valence-corrected chi connectivity index (χ1v) is 5.07. The van der Waals surface area contributed by atoms with Crippen molar-refractivity contribution >= 4 is 0 Å². The second kappa shape index (κ2) is 7.14. The quantitative estimate of drug-likeness (QED) is 0.584. The van der Waals surface area contributed by atoms with E-state index in [1.54, 1.807) is 0 Å². The van der Waals surface area contributed by atoms with Crippen LogP contribution in [0, 0.1) is 0 Å². The van der Waals surface area contributed by atoms with E-state index in [9.17, 15) is 0 Å². The van der Waals surface area contributed by atoms with E-state index in [-0.39, 0.29) is 0 Å². The van der Waals surface area contributed by atoms with Crippen LogP contribution in [0.15, 0.2) is 0 Å². The molecule has 0 aliphatic carbocycles. The zero-order valence-corrected chi connectivity index (χ0v) is 8.81. The van der Waals surface area contributed by atoms with Crippen LogP contribution in [0.2, 0.25) is 0 Å². The summed E-state index contributed by atoms with van der Waals surface area (Å²) in [4.78, 5) is 2.27. The fraction of sp³-hybridized carbons (Fsp3) is 1.00. The molecule has 5 heteroatoms. The smallest absolute Gasteiger partial charge is 0.0617 e. The number of ether oxygens (including phenoxy) is 2. The van der Waals surface area contributed by atoms with Gasteiger partial charge in [-0.2, -0.15) is 5.06 Å². The molecular weight excluding hydrogens is 184 g/mol. The van der Waals surface area contributed by atoms with E-state index < -0.39 is 0 Å². The summed E-state index contributed by atoms with van der Waals surface area (Å²) in [5, 5.41) is 9.93. The standard InChI is InChI=1S/C5H11NO.C4H9NO2/c1-6-2-4-7-5-3-6;6-5-1-3-7-4-2-5/h2-5H2,1H3;6H,1-4H2. The first-order valence-electron chi connectivity index (χ1n) is 5.07. The molecular formula is C9H20N2O3. The molecule has 0 saturated carbocycles. The number of nitrogens with zero attached hydrogens (tertiary/aromatic N) is 2. The Hall–Kier alpha value is -0.200. The van der Waals surface area contributed by atoms with E-state index in [0.29, 0.717) is 26.3 Å². The van der Waals surface area contributed by atoms with Gasteiger partial charge in [0, 0.05) is 26.2 Å². The predicted molar refractivity (Wildman–Crippen MR) is 52.5 cm³/mol. The fourth-order valence-electron chi connectivity index (χ4n) is 1.21. The molecule has 2 saturated heterocycles. The van der Waals surface area contributed by atoms with E-state index in [1.165, 1.54) is 5.06 Å². The van der Waals surface area contributed by atoms with Crippen LogP contribution in [0.4, 0.5) is 0 Å². The lowest BCUT2D eigenvalue weighted by molar-refractivity contribution is -0.143. The van der Waals surface area contributed by atoms with Gasteiger partial charge in [0.1, 0.15) is 0 Å². The van der Waals surface area contributed by atoms with E-state index in [4.69, 9.17) is 14.7 Å². The molecule has 2 aliphatic rings. The number of morpholine rings is 2. The van der Waals surface area contributed by atoms with Crippen LogP contribution in [0.25, 0.3) is 0 Å². The molecule has 0 unspecified atom stereocenters. The Morgan fingerprint density at radius 1 is 0.857 bits per heavy atom. The molecule has 0 aromatic rings. The summed E-state index contributed by atoms with van der Waals surface area (Å²) >= 11 is 0. The number of likely N-dealkylation sites (N-methyl/N-ethyl adjacent to an activating group) is 1. The van der Waals surface area contributed by atoms with Crippen molar-refractivity contribution in [3.63, 3.8) is 0 Å². The van der Waals surface area contributed by atoms with Gasteiger partial charge < -0.3 is 19.6 Å². The Bertz CT molecular complexity index is 118. The summed E-state index contributed by atoms with van der Waals surface area (Å²) in [5.41, 5.74) is 0. The zero-order chi connectivity index (χ0) is 10.2. The van der Waals surface area contributed by atoms with Crippen molar-refractivity contribution in [2.24, 2.45) is 0 Å². The highest BCUT2D eigenvalue weighted by molar-refractivity contribution is 4.53. The van der Waals surface area contributed by atoms with Gasteiger partial charge in [0.05, 0.1) is 26.4 Å². The highest BCUT2D eigenvalue weighted by Crippen LogP contribution is 1.90. The number of rotatable bonds is 0. The van der Waals surface area contributed by atoms with Crippen LogP contribution in [-0.2, 0) is 9.47 Å². The van der Waals surface area contributed by atoms with Crippen LogP contribution in [0.5, 0.6) is 0 Å². The number of hydrogen-bond donors (Lipinski definition) is 1. The van der Waals surface area contributed by atoms with E-state index >= 15 is 0 Å². The average molecular weight is 204 g/mol. The highest BCUT2D eigenvalue weighted by atomic mass is 16.5.